The number of carbonyl (C=O) groups is 1. The molecule has 0 spiro atoms. The molecule has 1 amide bonds. The van der Waals surface area contributed by atoms with Crippen LogP contribution in [0.25, 0.3) is 0 Å². The first-order valence-corrected chi connectivity index (χ1v) is 12.2. The van der Waals surface area contributed by atoms with Crippen LogP contribution in [0.5, 0.6) is 0 Å². The predicted octanol–water partition coefficient (Wildman–Crippen LogP) is 3.80. The van der Waals surface area contributed by atoms with Gasteiger partial charge < -0.3 is 4.90 Å². The molecule has 0 aliphatic carbocycles. The lowest BCUT2D eigenvalue weighted by Crippen LogP contribution is -2.49. The number of nitrogens with zero attached hydrogens (tertiary/aromatic N) is 1. The minimum Gasteiger partial charge on any atom is -0.341 e. The Bertz CT molecular complexity index is 860. The van der Waals surface area contributed by atoms with Crippen molar-refractivity contribution in [3.8, 4) is 0 Å². The standard InChI is InChI=1S/C19H23BrN2O3S2/c20-17-10-11-18(26-17)27(24,25)21-16(14-15-8-4-3-5-9-15)19(23)22-12-6-1-2-7-13-22/h3-5,8-11,16,21H,1-2,6-7,12-14H2/t16-/m1/s1. The molecule has 1 aromatic carbocycles. The van der Waals surface area contributed by atoms with Crippen LogP contribution in [0.4, 0.5) is 0 Å². The number of thiophene rings is 1. The molecule has 1 aliphatic heterocycles. The van der Waals surface area contributed by atoms with Crippen LogP contribution in [-0.4, -0.2) is 38.4 Å². The minimum atomic E-state index is -3.76. The summed E-state index contributed by atoms with van der Waals surface area (Å²) in [7, 11) is -3.76. The van der Waals surface area contributed by atoms with Crippen molar-refractivity contribution >= 4 is 43.2 Å². The largest absolute Gasteiger partial charge is 0.341 e. The zero-order valence-electron chi connectivity index (χ0n) is 14.9. The fourth-order valence-corrected chi connectivity index (χ4v) is 6.44. The van der Waals surface area contributed by atoms with E-state index in [4.69, 9.17) is 0 Å². The Hall–Kier alpha value is -1.22. The minimum absolute atomic E-state index is 0.139. The van der Waals surface area contributed by atoms with Gasteiger partial charge >= 0.3 is 0 Å². The maximum Gasteiger partial charge on any atom is 0.250 e. The fraction of sp³-hybridized carbons (Fsp3) is 0.421. The van der Waals surface area contributed by atoms with Crippen molar-refractivity contribution in [3.05, 3.63) is 51.8 Å². The summed E-state index contributed by atoms with van der Waals surface area (Å²) in [5, 5.41) is 0. The van der Waals surface area contributed by atoms with Crippen LogP contribution >= 0.6 is 27.3 Å². The van der Waals surface area contributed by atoms with E-state index in [0.717, 1.165) is 46.4 Å². The topological polar surface area (TPSA) is 66.5 Å². The summed E-state index contributed by atoms with van der Waals surface area (Å²) in [5.41, 5.74) is 0.931. The van der Waals surface area contributed by atoms with Crippen LogP contribution in [0, 0.1) is 0 Å². The lowest BCUT2D eigenvalue weighted by molar-refractivity contribution is -0.132. The van der Waals surface area contributed by atoms with Gasteiger partial charge in [0.05, 0.1) is 3.79 Å². The number of halogens is 1. The molecule has 0 saturated carbocycles. The first-order chi connectivity index (χ1) is 13.0. The quantitative estimate of drug-likeness (QED) is 0.697. The molecular weight excluding hydrogens is 448 g/mol. The zero-order chi connectivity index (χ0) is 19.3. The first-order valence-electron chi connectivity index (χ1n) is 9.06. The molecule has 27 heavy (non-hydrogen) atoms. The summed E-state index contributed by atoms with van der Waals surface area (Å²) >= 11 is 4.43. The van der Waals surface area contributed by atoms with Crippen LogP contribution < -0.4 is 4.72 Å². The molecule has 1 fully saturated rings. The molecule has 3 rings (SSSR count). The van der Waals surface area contributed by atoms with Gasteiger partial charge in [0.25, 0.3) is 10.0 Å². The van der Waals surface area contributed by atoms with Crippen LogP contribution in [0.15, 0.2) is 50.5 Å². The SMILES string of the molecule is O=C([C@@H](Cc1ccccc1)NS(=O)(=O)c1ccc(Br)s1)N1CCCCCC1. The summed E-state index contributed by atoms with van der Waals surface area (Å²) in [6.07, 6.45) is 4.49. The zero-order valence-corrected chi connectivity index (χ0v) is 18.2. The number of hydrogen-bond acceptors (Lipinski definition) is 4. The number of amides is 1. The van der Waals surface area contributed by atoms with Crippen molar-refractivity contribution < 1.29 is 13.2 Å². The Balaban J connectivity index is 1.83. The van der Waals surface area contributed by atoms with Crippen molar-refractivity contribution in [3.63, 3.8) is 0 Å². The number of rotatable bonds is 6. The molecule has 1 N–H and O–H groups in total. The summed E-state index contributed by atoms with van der Waals surface area (Å²) in [5.74, 6) is -0.139. The molecule has 1 atom stereocenters. The smallest absolute Gasteiger partial charge is 0.250 e. The maximum atomic E-state index is 13.2. The van der Waals surface area contributed by atoms with Crippen molar-refractivity contribution in [1.82, 2.24) is 9.62 Å². The third-order valence-electron chi connectivity index (χ3n) is 4.61. The van der Waals surface area contributed by atoms with Gasteiger partial charge in [0.2, 0.25) is 5.91 Å². The lowest BCUT2D eigenvalue weighted by atomic mass is 10.1. The molecule has 2 aromatic rings. The third-order valence-corrected chi connectivity index (χ3v) is 8.20. The van der Waals surface area contributed by atoms with Crippen LogP contribution in [0.1, 0.15) is 31.2 Å². The van der Waals surface area contributed by atoms with Crippen molar-refractivity contribution in [2.75, 3.05) is 13.1 Å². The highest BCUT2D eigenvalue weighted by atomic mass is 79.9. The Kier molecular flexibility index (Phi) is 7.08. The highest BCUT2D eigenvalue weighted by Gasteiger charge is 2.30. The highest BCUT2D eigenvalue weighted by molar-refractivity contribution is 9.11. The first kappa shape index (κ1) is 20.5. The van der Waals surface area contributed by atoms with E-state index >= 15 is 0 Å². The van der Waals surface area contributed by atoms with E-state index in [1.807, 2.05) is 35.2 Å². The number of nitrogens with one attached hydrogen (secondary N) is 1. The van der Waals surface area contributed by atoms with Crippen molar-refractivity contribution in [2.45, 2.75) is 42.4 Å². The van der Waals surface area contributed by atoms with E-state index < -0.39 is 16.1 Å². The van der Waals surface area contributed by atoms with Gasteiger partial charge in [-0.1, -0.05) is 43.2 Å². The summed E-state index contributed by atoms with van der Waals surface area (Å²) < 4.78 is 29.2. The van der Waals surface area contributed by atoms with Gasteiger partial charge in [-0.3, -0.25) is 4.79 Å². The molecule has 0 radical (unpaired) electrons. The van der Waals surface area contributed by atoms with Crippen molar-refractivity contribution in [1.29, 1.82) is 0 Å². The second-order valence-electron chi connectivity index (χ2n) is 6.66. The van der Waals surface area contributed by atoms with Gasteiger partial charge in [0.15, 0.2) is 0 Å². The second-order valence-corrected chi connectivity index (χ2v) is 11.1. The fourth-order valence-electron chi connectivity index (χ4n) is 3.23. The molecule has 1 aliphatic rings. The van der Waals surface area contributed by atoms with Crippen LogP contribution in [0.3, 0.4) is 0 Å². The van der Waals surface area contributed by atoms with Crippen LogP contribution in [-0.2, 0) is 21.2 Å². The number of hydrogen-bond donors (Lipinski definition) is 1. The van der Waals surface area contributed by atoms with Crippen LogP contribution in [0.2, 0.25) is 0 Å². The number of likely N-dealkylation sites (tertiary alicyclic amines) is 1. The van der Waals surface area contributed by atoms with E-state index in [-0.39, 0.29) is 10.1 Å². The van der Waals surface area contributed by atoms with E-state index in [2.05, 4.69) is 20.7 Å². The average molecular weight is 471 g/mol. The normalized spacial score (nSPS) is 16.7. The van der Waals surface area contributed by atoms with Gasteiger partial charge in [-0.15, -0.1) is 11.3 Å². The summed E-state index contributed by atoms with van der Waals surface area (Å²) in [6, 6.07) is 12.0. The monoisotopic (exact) mass is 470 g/mol. The average Bonchev–Trinajstić information content (AvgIpc) is 2.93. The third kappa shape index (κ3) is 5.63. The van der Waals surface area contributed by atoms with Gasteiger partial charge in [-0.25, -0.2) is 8.42 Å². The number of benzene rings is 1. The molecule has 1 aromatic heterocycles. The van der Waals surface area contributed by atoms with Gasteiger partial charge in [0, 0.05) is 13.1 Å². The summed E-state index contributed by atoms with van der Waals surface area (Å²) in [6.45, 7) is 1.38. The maximum absolute atomic E-state index is 13.2. The van der Waals surface area contributed by atoms with E-state index in [1.54, 1.807) is 12.1 Å². The van der Waals surface area contributed by atoms with E-state index in [9.17, 15) is 13.2 Å². The Morgan fingerprint density at radius 3 is 2.33 bits per heavy atom. The van der Waals surface area contributed by atoms with Crippen molar-refractivity contribution in [2.24, 2.45) is 0 Å². The molecule has 1 saturated heterocycles. The highest BCUT2D eigenvalue weighted by Crippen LogP contribution is 2.26. The molecule has 2 heterocycles. The Morgan fingerprint density at radius 1 is 1.07 bits per heavy atom. The summed E-state index contributed by atoms with van der Waals surface area (Å²) in [4.78, 5) is 15.0. The van der Waals surface area contributed by atoms with Gasteiger partial charge in [-0.05, 0) is 52.9 Å². The van der Waals surface area contributed by atoms with E-state index in [0.29, 0.717) is 19.5 Å². The van der Waals surface area contributed by atoms with E-state index in [1.165, 1.54) is 0 Å². The molecular formula is C19H23BrN2O3S2. The van der Waals surface area contributed by atoms with Gasteiger partial charge in [-0.2, -0.15) is 4.72 Å². The molecule has 8 heteroatoms. The number of sulfonamides is 1. The predicted molar refractivity (Wildman–Crippen MR) is 111 cm³/mol. The molecule has 146 valence electrons. The molecule has 5 nitrogen and oxygen atoms in total. The molecule has 0 bridgehead atoms. The Morgan fingerprint density at radius 2 is 1.74 bits per heavy atom. The Labute approximate surface area is 173 Å². The number of carbonyl (C=O) groups excluding carboxylic acids is 1. The second kappa shape index (κ2) is 9.32. The molecule has 0 unspecified atom stereocenters. The van der Waals surface area contributed by atoms with Gasteiger partial charge in [0.1, 0.15) is 10.3 Å². The lowest BCUT2D eigenvalue weighted by Gasteiger charge is -2.26.